The molecule has 1 aromatic rings. The normalized spacial score (nSPS) is 18.5. The summed E-state index contributed by atoms with van der Waals surface area (Å²) in [4.78, 5) is 14.0. The molecule has 170 valence electrons. The molecule has 31 heavy (non-hydrogen) atoms. The summed E-state index contributed by atoms with van der Waals surface area (Å²) in [6.45, 7) is 8.49. The number of hydrogen-bond acceptors (Lipinski definition) is 4. The maximum Gasteiger partial charge on any atom is 0.414 e. The van der Waals surface area contributed by atoms with Gasteiger partial charge in [-0.2, -0.15) is 0 Å². The minimum Gasteiger partial charge on any atom is -0.444 e. The van der Waals surface area contributed by atoms with Gasteiger partial charge in [-0.25, -0.2) is 4.79 Å². The number of cyclic esters (lactones) is 1. The van der Waals surface area contributed by atoms with Crippen LogP contribution in [0.3, 0.4) is 0 Å². The predicted molar refractivity (Wildman–Crippen MR) is 135 cm³/mol. The fourth-order valence-corrected chi connectivity index (χ4v) is 4.47. The average molecular weight is 463 g/mol. The van der Waals surface area contributed by atoms with Crippen LogP contribution in [0.25, 0.3) is 0 Å². The Hall–Kier alpha value is -1.69. The van der Waals surface area contributed by atoms with Crippen LogP contribution >= 0.6 is 23.5 Å². The van der Waals surface area contributed by atoms with Crippen LogP contribution in [0, 0.1) is 0 Å². The lowest BCUT2D eigenvalue weighted by Gasteiger charge is -2.39. The molecule has 0 atom stereocenters. The molecule has 1 saturated heterocycles. The Bertz CT molecular complexity index is 799. The topological polar surface area (TPSA) is 32.8 Å². The summed E-state index contributed by atoms with van der Waals surface area (Å²) in [5.74, 6) is 0. The van der Waals surface area contributed by atoms with Crippen LogP contribution in [0.2, 0.25) is 5.02 Å². The van der Waals surface area contributed by atoms with Crippen LogP contribution in [-0.2, 0) is 11.3 Å². The molecule has 1 aromatic carbocycles. The van der Waals surface area contributed by atoms with Crippen LogP contribution in [-0.4, -0.2) is 35.8 Å². The van der Waals surface area contributed by atoms with Crippen LogP contribution in [0.4, 0.5) is 10.5 Å². The number of amides is 1. The number of fused-ring (bicyclic) bond motifs is 1. The number of carbonyl (C=O) groups excluding carboxylic acids is 1. The third-order valence-corrected chi connectivity index (χ3v) is 6.47. The van der Waals surface area contributed by atoms with Gasteiger partial charge >= 0.3 is 6.09 Å². The molecule has 0 unspecified atom stereocenters. The highest BCUT2D eigenvalue weighted by molar-refractivity contribution is 7.96. The third kappa shape index (κ3) is 7.44. The Labute approximate surface area is 197 Å². The van der Waals surface area contributed by atoms with Gasteiger partial charge in [0.25, 0.3) is 0 Å². The van der Waals surface area contributed by atoms with E-state index >= 15 is 0 Å². The van der Waals surface area contributed by atoms with Gasteiger partial charge in [-0.3, -0.25) is 9.21 Å². The molecular formula is C25H35ClN2O2S. The lowest BCUT2D eigenvalue weighted by molar-refractivity contribution is 0.136. The van der Waals surface area contributed by atoms with Gasteiger partial charge in [0, 0.05) is 29.7 Å². The number of nitrogens with zero attached hydrogens (tertiary/aromatic N) is 2. The predicted octanol–water partition coefficient (Wildman–Crippen LogP) is 7.40. The first-order chi connectivity index (χ1) is 15.1. The number of anilines is 1. The highest BCUT2D eigenvalue weighted by Gasteiger charge is 2.34. The van der Waals surface area contributed by atoms with Crippen molar-refractivity contribution in [2.24, 2.45) is 0 Å². The maximum atomic E-state index is 12.1. The number of carbonyl (C=O) groups is 1. The Balaban J connectivity index is 0.000000261. The zero-order valence-electron chi connectivity index (χ0n) is 19.1. The Morgan fingerprint density at radius 2 is 1.94 bits per heavy atom. The van der Waals surface area contributed by atoms with Crippen molar-refractivity contribution in [2.75, 3.05) is 24.2 Å². The van der Waals surface area contributed by atoms with Crippen molar-refractivity contribution in [3.63, 3.8) is 0 Å². The van der Waals surface area contributed by atoms with Crippen molar-refractivity contribution in [3.8, 4) is 0 Å². The molecule has 0 spiro atoms. The second-order valence-electron chi connectivity index (χ2n) is 7.20. The van der Waals surface area contributed by atoms with E-state index in [1.54, 1.807) is 11.9 Å². The number of ether oxygens (including phenoxy) is 1. The molecular weight excluding hydrogens is 428 g/mol. The third-order valence-electron chi connectivity index (χ3n) is 5.35. The molecule has 2 heterocycles. The summed E-state index contributed by atoms with van der Waals surface area (Å²) in [6.07, 6.45) is 16.9. The molecule has 1 amide bonds. The first-order valence-electron chi connectivity index (χ1n) is 11.2. The largest absolute Gasteiger partial charge is 0.444 e. The minimum absolute atomic E-state index is 0.214. The first-order valence-corrected chi connectivity index (χ1v) is 12.7. The fraction of sp³-hybridized carbons (Fsp3) is 0.480. The SMILES string of the molecule is CC.CCC1=CC=CCC=C1.CSN1CCC(N2C(=O)OCc3cc(Cl)ccc32)CC1. The number of halogens is 1. The lowest BCUT2D eigenvalue weighted by Crippen LogP contribution is -2.48. The highest BCUT2D eigenvalue weighted by atomic mass is 35.5. The number of rotatable bonds is 3. The second-order valence-corrected chi connectivity index (χ2v) is 8.52. The maximum absolute atomic E-state index is 12.1. The van der Waals surface area contributed by atoms with Gasteiger partial charge < -0.3 is 4.74 Å². The van der Waals surface area contributed by atoms with Crippen molar-refractivity contribution >= 4 is 35.3 Å². The molecule has 6 heteroatoms. The van der Waals surface area contributed by atoms with Gasteiger partial charge in [-0.05, 0) is 55.7 Å². The van der Waals surface area contributed by atoms with Crippen molar-refractivity contribution < 1.29 is 9.53 Å². The second kappa shape index (κ2) is 13.7. The van der Waals surface area contributed by atoms with Crippen molar-refractivity contribution in [1.29, 1.82) is 0 Å². The van der Waals surface area contributed by atoms with E-state index in [9.17, 15) is 4.79 Å². The minimum atomic E-state index is -0.234. The van der Waals surface area contributed by atoms with Gasteiger partial charge in [-0.1, -0.05) is 74.7 Å². The average Bonchev–Trinajstić information content (AvgIpc) is 3.10. The molecule has 0 saturated carbocycles. The summed E-state index contributed by atoms with van der Waals surface area (Å²) in [5.41, 5.74) is 3.36. The molecule has 0 bridgehead atoms. The molecule has 0 aromatic heterocycles. The smallest absolute Gasteiger partial charge is 0.414 e. The molecule has 4 rings (SSSR count). The van der Waals surface area contributed by atoms with E-state index in [1.165, 1.54) is 5.57 Å². The summed E-state index contributed by atoms with van der Waals surface area (Å²) in [6, 6.07) is 5.86. The van der Waals surface area contributed by atoms with E-state index in [1.807, 2.05) is 36.9 Å². The molecule has 0 N–H and O–H groups in total. The Kier molecular flexibility index (Phi) is 11.3. The summed E-state index contributed by atoms with van der Waals surface area (Å²) in [7, 11) is 0. The number of piperidine rings is 1. The molecule has 0 radical (unpaired) electrons. The van der Waals surface area contributed by atoms with E-state index in [0.717, 1.165) is 50.0 Å². The highest BCUT2D eigenvalue weighted by Crippen LogP contribution is 2.34. The number of benzene rings is 1. The van der Waals surface area contributed by atoms with Crippen molar-refractivity contribution in [1.82, 2.24) is 4.31 Å². The number of hydrogen-bond donors (Lipinski definition) is 0. The zero-order valence-corrected chi connectivity index (χ0v) is 20.7. The van der Waals surface area contributed by atoms with E-state index < -0.39 is 0 Å². The van der Waals surface area contributed by atoms with Crippen molar-refractivity contribution in [3.05, 3.63) is 64.7 Å². The molecule has 3 aliphatic rings. The lowest BCUT2D eigenvalue weighted by atomic mass is 10.0. The van der Waals surface area contributed by atoms with Crippen LogP contribution in [0.5, 0.6) is 0 Å². The fourth-order valence-electron chi connectivity index (χ4n) is 3.70. The standard InChI is InChI=1S/C14H17ClN2O2S.C9H12.C2H6/c1-20-16-6-4-12(5-7-16)17-13-3-2-11(15)8-10(13)9-19-14(17)18;1-2-9-7-5-3-4-6-8-9;1-2/h2-3,8,12H,4-7,9H2,1H3;3,5-8H,2,4H2,1H3;1-2H3. The van der Waals surface area contributed by atoms with Gasteiger partial charge in [0.1, 0.15) is 6.61 Å². The Morgan fingerprint density at radius 3 is 2.61 bits per heavy atom. The van der Waals surface area contributed by atoms with Crippen LogP contribution in [0.1, 0.15) is 52.0 Å². The monoisotopic (exact) mass is 462 g/mol. The van der Waals surface area contributed by atoms with Gasteiger partial charge in [0.2, 0.25) is 0 Å². The van der Waals surface area contributed by atoms with Gasteiger partial charge in [-0.15, -0.1) is 0 Å². The number of allylic oxidation sites excluding steroid dienone is 6. The summed E-state index contributed by atoms with van der Waals surface area (Å²) in [5, 5.41) is 0.679. The first kappa shape index (κ1) is 25.6. The zero-order chi connectivity index (χ0) is 22.6. The van der Waals surface area contributed by atoms with Crippen molar-refractivity contribution in [2.45, 2.75) is 59.1 Å². The molecule has 4 nitrogen and oxygen atoms in total. The van der Waals surface area contributed by atoms with E-state index in [-0.39, 0.29) is 12.1 Å². The van der Waals surface area contributed by atoms with E-state index in [0.29, 0.717) is 11.6 Å². The molecule has 2 aliphatic heterocycles. The van der Waals surface area contributed by atoms with Gasteiger partial charge in [0.05, 0.1) is 5.69 Å². The van der Waals surface area contributed by atoms with Gasteiger partial charge in [0.15, 0.2) is 0 Å². The summed E-state index contributed by atoms with van der Waals surface area (Å²) < 4.78 is 7.62. The Morgan fingerprint density at radius 1 is 1.19 bits per heavy atom. The molecule has 1 aliphatic carbocycles. The summed E-state index contributed by atoms with van der Waals surface area (Å²) >= 11 is 7.78. The quantitative estimate of drug-likeness (QED) is 0.438. The van der Waals surface area contributed by atoms with E-state index in [4.69, 9.17) is 16.3 Å². The van der Waals surface area contributed by atoms with E-state index in [2.05, 4.69) is 47.9 Å². The van der Waals surface area contributed by atoms with Crippen LogP contribution in [0.15, 0.2) is 54.2 Å². The van der Waals surface area contributed by atoms with Crippen LogP contribution < -0.4 is 4.90 Å². The molecule has 1 fully saturated rings.